The lowest BCUT2D eigenvalue weighted by Crippen LogP contribution is -2.44. The summed E-state index contributed by atoms with van der Waals surface area (Å²) in [6.45, 7) is 7.31. The van der Waals surface area contributed by atoms with Gasteiger partial charge in [0.2, 0.25) is 0 Å². The average Bonchev–Trinajstić information content (AvgIpc) is 2.68. The van der Waals surface area contributed by atoms with Gasteiger partial charge in [-0.05, 0) is 49.4 Å². The summed E-state index contributed by atoms with van der Waals surface area (Å²) < 4.78 is 26.6. The van der Waals surface area contributed by atoms with Gasteiger partial charge in [0.25, 0.3) is 0 Å². The summed E-state index contributed by atoms with van der Waals surface area (Å²) in [6, 6.07) is 4.47. The maximum Gasteiger partial charge on any atom is 0.126 e. The summed E-state index contributed by atoms with van der Waals surface area (Å²) in [7, 11) is 0. The van der Waals surface area contributed by atoms with Crippen molar-refractivity contribution in [1.29, 1.82) is 0 Å². The fraction of sp³-hybridized carbons (Fsp3) is 0.647. The highest BCUT2D eigenvalue weighted by Crippen LogP contribution is 2.28. The van der Waals surface area contributed by atoms with Gasteiger partial charge in [-0.15, -0.1) is 0 Å². The van der Waals surface area contributed by atoms with Crippen molar-refractivity contribution in [1.82, 2.24) is 9.80 Å². The van der Waals surface area contributed by atoms with E-state index in [9.17, 15) is 8.78 Å². The number of nitrogens with zero attached hydrogens (tertiary/aromatic N) is 2. The molecule has 2 atom stereocenters. The Balaban J connectivity index is 1.69. The predicted molar refractivity (Wildman–Crippen MR) is 80.0 cm³/mol. The SMILES string of the molecule is CCCN1C[C@H]2CC[C@@H]1CN(Cc1cc(F)cc(F)c1)C2. The molecule has 3 fully saturated rings. The van der Waals surface area contributed by atoms with Gasteiger partial charge in [-0.1, -0.05) is 6.92 Å². The molecular formula is C17H24F2N2. The molecule has 4 rings (SSSR count). The van der Waals surface area contributed by atoms with E-state index in [4.69, 9.17) is 0 Å². The summed E-state index contributed by atoms with van der Waals surface area (Å²) in [4.78, 5) is 4.99. The van der Waals surface area contributed by atoms with Crippen LogP contribution in [0.3, 0.4) is 0 Å². The van der Waals surface area contributed by atoms with E-state index in [-0.39, 0.29) is 0 Å². The Hall–Kier alpha value is -1.00. The summed E-state index contributed by atoms with van der Waals surface area (Å²) >= 11 is 0. The van der Waals surface area contributed by atoms with E-state index in [1.807, 2.05) is 0 Å². The first kappa shape index (κ1) is 14.9. The van der Waals surface area contributed by atoms with E-state index in [1.165, 1.54) is 44.5 Å². The van der Waals surface area contributed by atoms with Gasteiger partial charge in [0.15, 0.2) is 0 Å². The first-order chi connectivity index (χ1) is 10.1. The molecule has 0 radical (unpaired) electrons. The first-order valence-electron chi connectivity index (χ1n) is 8.05. The topological polar surface area (TPSA) is 6.48 Å². The molecule has 0 spiro atoms. The average molecular weight is 294 g/mol. The smallest absolute Gasteiger partial charge is 0.126 e. The monoisotopic (exact) mass is 294 g/mol. The lowest BCUT2D eigenvalue weighted by molar-refractivity contribution is 0.131. The van der Waals surface area contributed by atoms with Crippen molar-refractivity contribution >= 4 is 0 Å². The summed E-state index contributed by atoms with van der Waals surface area (Å²) in [5.74, 6) is -0.250. The normalized spacial score (nSPS) is 27.0. The largest absolute Gasteiger partial charge is 0.299 e. The standard InChI is InChI=1S/C17H24F2N2/c1-2-5-21-11-13-3-4-17(21)12-20(9-13)10-14-6-15(18)8-16(19)7-14/h6-8,13,17H,2-5,9-12H2,1H3/t13-,17+/m0/s1. The van der Waals surface area contributed by atoms with Gasteiger partial charge in [-0.25, -0.2) is 8.78 Å². The molecule has 2 nitrogen and oxygen atoms in total. The Morgan fingerprint density at radius 1 is 1.05 bits per heavy atom. The Morgan fingerprint density at radius 3 is 2.52 bits per heavy atom. The van der Waals surface area contributed by atoms with Crippen LogP contribution in [0.5, 0.6) is 0 Å². The summed E-state index contributed by atoms with van der Waals surface area (Å²) in [5.41, 5.74) is 0.746. The molecule has 4 heteroatoms. The van der Waals surface area contributed by atoms with E-state index in [0.29, 0.717) is 18.5 Å². The van der Waals surface area contributed by atoms with Crippen molar-refractivity contribution in [3.63, 3.8) is 0 Å². The highest BCUT2D eigenvalue weighted by molar-refractivity contribution is 5.18. The predicted octanol–water partition coefficient (Wildman–Crippen LogP) is 3.27. The number of hydrogen-bond acceptors (Lipinski definition) is 2. The fourth-order valence-electron chi connectivity index (χ4n) is 3.93. The lowest BCUT2D eigenvalue weighted by Gasteiger charge is -2.35. The zero-order valence-corrected chi connectivity index (χ0v) is 12.7. The zero-order chi connectivity index (χ0) is 14.8. The maximum atomic E-state index is 13.3. The Labute approximate surface area is 125 Å². The van der Waals surface area contributed by atoms with E-state index in [1.54, 1.807) is 0 Å². The zero-order valence-electron chi connectivity index (χ0n) is 12.7. The van der Waals surface area contributed by atoms with E-state index in [0.717, 1.165) is 24.7 Å². The molecule has 0 saturated carbocycles. The molecule has 0 aromatic heterocycles. The molecule has 2 bridgehead atoms. The number of halogens is 2. The third kappa shape index (κ3) is 3.61. The molecule has 116 valence electrons. The Morgan fingerprint density at radius 2 is 1.81 bits per heavy atom. The fourth-order valence-corrected chi connectivity index (χ4v) is 3.93. The van der Waals surface area contributed by atoms with Crippen LogP contribution in [0, 0.1) is 17.6 Å². The van der Waals surface area contributed by atoms with E-state index in [2.05, 4.69) is 16.7 Å². The van der Waals surface area contributed by atoms with Gasteiger partial charge in [0.1, 0.15) is 11.6 Å². The van der Waals surface area contributed by atoms with Crippen LogP contribution in [-0.4, -0.2) is 42.0 Å². The minimum absolute atomic E-state index is 0.476. The summed E-state index contributed by atoms with van der Waals surface area (Å²) in [6.07, 6.45) is 3.75. The van der Waals surface area contributed by atoms with Gasteiger partial charge in [0, 0.05) is 38.3 Å². The molecule has 1 aromatic rings. The highest BCUT2D eigenvalue weighted by atomic mass is 19.1. The second-order valence-corrected chi connectivity index (χ2v) is 6.56. The van der Waals surface area contributed by atoms with E-state index < -0.39 is 11.6 Å². The lowest BCUT2D eigenvalue weighted by atomic mass is 9.95. The molecular weight excluding hydrogens is 270 g/mol. The minimum Gasteiger partial charge on any atom is -0.299 e. The third-order valence-corrected chi connectivity index (χ3v) is 4.74. The molecule has 0 unspecified atom stereocenters. The van der Waals surface area contributed by atoms with Crippen LogP contribution in [0.2, 0.25) is 0 Å². The molecule has 1 aromatic carbocycles. The molecule has 0 N–H and O–H groups in total. The number of fused-ring (bicyclic) bond motifs is 4. The quantitative estimate of drug-likeness (QED) is 0.841. The Bertz CT molecular complexity index is 471. The number of rotatable bonds is 4. The molecule has 3 aliphatic heterocycles. The molecule has 3 heterocycles. The highest BCUT2D eigenvalue weighted by Gasteiger charge is 2.34. The number of hydrogen-bond donors (Lipinski definition) is 0. The van der Waals surface area contributed by atoms with Gasteiger partial charge < -0.3 is 0 Å². The second kappa shape index (κ2) is 6.41. The molecule has 3 saturated heterocycles. The molecule has 0 aliphatic carbocycles. The van der Waals surface area contributed by atoms with Gasteiger partial charge in [-0.2, -0.15) is 0 Å². The van der Waals surface area contributed by atoms with Crippen molar-refractivity contribution in [2.24, 2.45) is 5.92 Å². The van der Waals surface area contributed by atoms with E-state index >= 15 is 0 Å². The molecule has 0 amide bonds. The van der Waals surface area contributed by atoms with Gasteiger partial charge in [0.05, 0.1) is 0 Å². The van der Waals surface area contributed by atoms with Crippen LogP contribution in [0.4, 0.5) is 8.78 Å². The molecule has 3 aliphatic rings. The van der Waals surface area contributed by atoms with Crippen molar-refractivity contribution in [2.45, 2.75) is 38.8 Å². The van der Waals surface area contributed by atoms with Crippen molar-refractivity contribution in [3.8, 4) is 0 Å². The van der Waals surface area contributed by atoms with Gasteiger partial charge in [-0.3, -0.25) is 9.80 Å². The van der Waals surface area contributed by atoms with Crippen LogP contribution in [0.1, 0.15) is 31.7 Å². The number of piperidine rings is 1. The second-order valence-electron chi connectivity index (χ2n) is 6.56. The van der Waals surface area contributed by atoms with Crippen molar-refractivity contribution < 1.29 is 8.78 Å². The van der Waals surface area contributed by atoms with Crippen LogP contribution < -0.4 is 0 Å². The third-order valence-electron chi connectivity index (χ3n) is 4.74. The number of benzene rings is 1. The first-order valence-corrected chi connectivity index (χ1v) is 8.05. The van der Waals surface area contributed by atoms with Crippen molar-refractivity contribution in [2.75, 3.05) is 26.2 Å². The Kier molecular flexibility index (Phi) is 4.55. The van der Waals surface area contributed by atoms with Crippen LogP contribution in [0.25, 0.3) is 0 Å². The minimum atomic E-state index is -0.476. The van der Waals surface area contributed by atoms with Crippen LogP contribution in [-0.2, 0) is 6.54 Å². The van der Waals surface area contributed by atoms with Crippen LogP contribution >= 0.6 is 0 Å². The van der Waals surface area contributed by atoms with Crippen molar-refractivity contribution in [3.05, 3.63) is 35.4 Å². The molecule has 21 heavy (non-hydrogen) atoms. The van der Waals surface area contributed by atoms with Crippen LogP contribution in [0.15, 0.2) is 18.2 Å². The van der Waals surface area contributed by atoms with Gasteiger partial charge >= 0.3 is 0 Å². The maximum absolute atomic E-state index is 13.3. The summed E-state index contributed by atoms with van der Waals surface area (Å²) in [5, 5.41) is 0.